The van der Waals surface area contributed by atoms with E-state index in [1.807, 2.05) is 0 Å². The molecule has 1 aliphatic carbocycles. The Hall–Kier alpha value is -1.66. The zero-order chi connectivity index (χ0) is 14.7. The number of halogens is 1. The smallest absolute Gasteiger partial charge is 0.270 e. The number of hydrogen-bond acceptors (Lipinski definition) is 4. The lowest BCUT2D eigenvalue weighted by Gasteiger charge is -2.28. The number of carbonyl (C=O) groups excluding carboxylic acids is 1. The summed E-state index contributed by atoms with van der Waals surface area (Å²) in [6, 6.07) is 3.42. The molecule has 0 saturated heterocycles. The van der Waals surface area contributed by atoms with Crippen molar-refractivity contribution in [3.8, 4) is 0 Å². The van der Waals surface area contributed by atoms with Crippen LogP contribution in [0.25, 0.3) is 0 Å². The standard InChI is InChI=1S/C13H15ClN2O4/c14-10-7-8(16(19)20)5-6-9(10)13(18)15-11-3-1-2-4-12(11)17/h5-7,11-12,17H,1-4H2,(H,15,18)/t11-,12-/m0/s1. The van der Waals surface area contributed by atoms with Gasteiger partial charge >= 0.3 is 0 Å². The van der Waals surface area contributed by atoms with Gasteiger partial charge in [-0.05, 0) is 18.9 Å². The van der Waals surface area contributed by atoms with Crippen molar-refractivity contribution in [1.82, 2.24) is 5.32 Å². The number of nitro benzene ring substituents is 1. The molecule has 1 aromatic carbocycles. The van der Waals surface area contributed by atoms with Crippen LogP contribution in [0.5, 0.6) is 0 Å². The number of nitro groups is 1. The van der Waals surface area contributed by atoms with Crippen molar-refractivity contribution in [1.29, 1.82) is 0 Å². The molecule has 1 saturated carbocycles. The highest BCUT2D eigenvalue weighted by molar-refractivity contribution is 6.34. The normalized spacial score (nSPS) is 22.3. The van der Waals surface area contributed by atoms with Gasteiger partial charge in [0, 0.05) is 12.1 Å². The predicted octanol–water partition coefficient (Wildman–Crippen LogP) is 2.28. The molecule has 2 rings (SSSR count). The third-order valence-electron chi connectivity index (χ3n) is 3.45. The molecule has 0 aromatic heterocycles. The van der Waals surface area contributed by atoms with E-state index in [4.69, 9.17) is 11.6 Å². The number of non-ortho nitro benzene ring substituents is 1. The van der Waals surface area contributed by atoms with Crippen molar-refractivity contribution in [3.63, 3.8) is 0 Å². The average Bonchev–Trinajstić information content (AvgIpc) is 2.41. The van der Waals surface area contributed by atoms with Crippen molar-refractivity contribution in [3.05, 3.63) is 38.9 Å². The highest BCUT2D eigenvalue weighted by atomic mass is 35.5. The van der Waals surface area contributed by atoms with E-state index in [1.165, 1.54) is 12.1 Å². The Balaban J connectivity index is 2.11. The van der Waals surface area contributed by atoms with E-state index in [-0.39, 0.29) is 22.3 Å². The summed E-state index contributed by atoms with van der Waals surface area (Å²) in [5, 5.41) is 23.2. The average molecular weight is 299 g/mol. The van der Waals surface area contributed by atoms with Crippen LogP contribution < -0.4 is 5.32 Å². The third-order valence-corrected chi connectivity index (χ3v) is 3.77. The van der Waals surface area contributed by atoms with Crippen LogP contribution in [0.15, 0.2) is 18.2 Å². The van der Waals surface area contributed by atoms with E-state index in [2.05, 4.69) is 5.32 Å². The van der Waals surface area contributed by atoms with E-state index < -0.39 is 16.9 Å². The number of amides is 1. The van der Waals surface area contributed by atoms with E-state index in [1.54, 1.807) is 0 Å². The van der Waals surface area contributed by atoms with E-state index in [0.29, 0.717) is 6.42 Å². The lowest BCUT2D eigenvalue weighted by Crippen LogP contribution is -2.45. The van der Waals surface area contributed by atoms with Gasteiger partial charge in [0.2, 0.25) is 0 Å². The Kier molecular flexibility index (Phi) is 4.57. The topological polar surface area (TPSA) is 92.5 Å². The fourth-order valence-electron chi connectivity index (χ4n) is 2.33. The largest absolute Gasteiger partial charge is 0.391 e. The summed E-state index contributed by atoms with van der Waals surface area (Å²) < 4.78 is 0. The summed E-state index contributed by atoms with van der Waals surface area (Å²) in [7, 11) is 0. The van der Waals surface area contributed by atoms with Crippen molar-refractivity contribution in [2.75, 3.05) is 0 Å². The Labute approximate surface area is 120 Å². The maximum atomic E-state index is 12.1. The molecule has 0 radical (unpaired) electrons. The minimum absolute atomic E-state index is 0.0296. The first-order valence-corrected chi connectivity index (χ1v) is 6.79. The van der Waals surface area contributed by atoms with Crippen LogP contribution >= 0.6 is 11.6 Å². The molecule has 0 spiro atoms. The molecule has 0 aliphatic heterocycles. The number of aliphatic hydroxyl groups excluding tert-OH is 1. The van der Waals surface area contributed by atoms with Crippen LogP contribution in [0.3, 0.4) is 0 Å². The van der Waals surface area contributed by atoms with Crippen LogP contribution in [-0.2, 0) is 0 Å². The van der Waals surface area contributed by atoms with Crippen molar-refractivity contribution < 1.29 is 14.8 Å². The highest BCUT2D eigenvalue weighted by Gasteiger charge is 2.25. The Morgan fingerprint density at radius 1 is 1.40 bits per heavy atom. The molecule has 0 heterocycles. The zero-order valence-corrected chi connectivity index (χ0v) is 11.5. The second-order valence-electron chi connectivity index (χ2n) is 4.85. The monoisotopic (exact) mass is 298 g/mol. The third kappa shape index (κ3) is 3.26. The summed E-state index contributed by atoms with van der Waals surface area (Å²) in [6.45, 7) is 0. The number of rotatable bonds is 3. The first-order valence-electron chi connectivity index (χ1n) is 6.42. The van der Waals surface area contributed by atoms with Gasteiger partial charge in [0.15, 0.2) is 0 Å². The minimum atomic E-state index is -0.571. The molecule has 20 heavy (non-hydrogen) atoms. The van der Waals surface area contributed by atoms with Crippen LogP contribution in [0.4, 0.5) is 5.69 Å². The van der Waals surface area contributed by atoms with Crippen LogP contribution in [0.1, 0.15) is 36.0 Å². The Morgan fingerprint density at radius 3 is 2.70 bits per heavy atom. The highest BCUT2D eigenvalue weighted by Crippen LogP contribution is 2.24. The fraction of sp³-hybridized carbons (Fsp3) is 0.462. The molecule has 0 bridgehead atoms. The molecule has 1 amide bonds. The van der Waals surface area contributed by atoms with E-state index >= 15 is 0 Å². The summed E-state index contributed by atoms with van der Waals surface area (Å²) in [5.74, 6) is -0.421. The van der Waals surface area contributed by atoms with Crippen molar-refractivity contribution in [2.45, 2.75) is 37.8 Å². The van der Waals surface area contributed by atoms with E-state index in [0.717, 1.165) is 25.3 Å². The lowest BCUT2D eigenvalue weighted by atomic mass is 9.92. The SMILES string of the molecule is O=C(N[C@H]1CCCC[C@@H]1O)c1ccc([N+](=O)[O-])cc1Cl. The van der Waals surface area contributed by atoms with Crippen LogP contribution in [0.2, 0.25) is 5.02 Å². The molecule has 1 aromatic rings. The first-order chi connectivity index (χ1) is 9.49. The van der Waals surface area contributed by atoms with E-state index in [9.17, 15) is 20.0 Å². The van der Waals surface area contributed by atoms with Gasteiger partial charge in [0.25, 0.3) is 11.6 Å². The number of carbonyl (C=O) groups is 1. The van der Waals surface area contributed by atoms with Gasteiger partial charge < -0.3 is 10.4 Å². The van der Waals surface area contributed by atoms with Crippen LogP contribution in [0, 0.1) is 10.1 Å². The predicted molar refractivity (Wildman–Crippen MR) is 73.8 cm³/mol. The van der Waals surface area contributed by atoms with Gasteiger partial charge in [-0.3, -0.25) is 14.9 Å². The zero-order valence-electron chi connectivity index (χ0n) is 10.7. The molecule has 6 nitrogen and oxygen atoms in total. The first kappa shape index (κ1) is 14.7. The van der Waals surface area contributed by atoms with Gasteiger partial charge in [-0.1, -0.05) is 24.4 Å². The number of hydrogen-bond donors (Lipinski definition) is 2. The molecule has 2 atom stereocenters. The molecule has 1 fully saturated rings. The number of nitrogens with zero attached hydrogens (tertiary/aromatic N) is 1. The van der Waals surface area contributed by atoms with Gasteiger partial charge in [0.05, 0.1) is 27.7 Å². The van der Waals surface area contributed by atoms with Gasteiger partial charge in [-0.25, -0.2) is 0 Å². The minimum Gasteiger partial charge on any atom is -0.391 e. The molecule has 2 N–H and O–H groups in total. The maximum absolute atomic E-state index is 12.1. The second kappa shape index (κ2) is 6.19. The maximum Gasteiger partial charge on any atom is 0.270 e. The Bertz CT molecular complexity index is 535. The fourth-order valence-corrected chi connectivity index (χ4v) is 2.59. The number of nitrogens with one attached hydrogen (secondary N) is 1. The van der Waals surface area contributed by atoms with Gasteiger partial charge in [0.1, 0.15) is 0 Å². The lowest BCUT2D eigenvalue weighted by molar-refractivity contribution is -0.384. The second-order valence-corrected chi connectivity index (χ2v) is 5.26. The molecule has 108 valence electrons. The summed E-state index contributed by atoms with van der Waals surface area (Å²) in [6.07, 6.45) is 2.74. The molecular formula is C13H15ClN2O4. The van der Waals surface area contributed by atoms with Crippen molar-refractivity contribution >= 4 is 23.2 Å². The molecular weight excluding hydrogens is 284 g/mol. The molecule has 1 aliphatic rings. The number of aliphatic hydroxyl groups is 1. The number of benzene rings is 1. The quantitative estimate of drug-likeness (QED) is 0.661. The van der Waals surface area contributed by atoms with Gasteiger partial charge in [-0.15, -0.1) is 0 Å². The van der Waals surface area contributed by atoms with Crippen LogP contribution in [-0.4, -0.2) is 28.1 Å². The van der Waals surface area contributed by atoms with Crippen molar-refractivity contribution in [2.24, 2.45) is 0 Å². The molecule has 0 unspecified atom stereocenters. The van der Waals surface area contributed by atoms with Gasteiger partial charge in [-0.2, -0.15) is 0 Å². The summed E-state index contributed by atoms with van der Waals surface area (Å²) >= 11 is 5.89. The summed E-state index contributed by atoms with van der Waals surface area (Å²) in [4.78, 5) is 22.1. The molecule has 7 heteroatoms. The Morgan fingerprint density at radius 2 is 2.10 bits per heavy atom. The summed E-state index contributed by atoms with van der Waals surface area (Å²) in [5.41, 5.74) is 0.0132.